The number of imidazole rings is 1. The molecule has 0 saturated carbocycles. The minimum atomic E-state index is 0.540. The van der Waals surface area contributed by atoms with E-state index in [0.29, 0.717) is 5.82 Å². The van der Waals surface area contributed by atoms with Gasteiger partial charge in [0.05, 0.1) is 11.7 Å². The third kappa shape index (κ3) is 1.14. The van der Waals surface area contributed by atoms with Crippen molar-refractivity contribution in [2.75, 3.05) is 5.73 Å². The maximum absolute atomic E-state index is 5.59. The maximum atomic E-state index is 5.59. The normalized spacial score (nSPS) is 10.9. The zero-order chi connectivity index (χ0) is 9.42. The second kappa shape index (κ2) is 2.73. The van der Waals surface area contributed by atoms with E-state index in [1.165, 1.54) is 0 Å². The molecule has 0 aliphatic heterocycles. The van der Waals surface area contributed by atoms with Crippen LogP contribution in [0.4, 0.5) is 5.82 Å². The van der Waals surface area contributed by atoms with Gasteiger partial charge in [0.25, 0.3) is 0 Å². The first-order valence-electron chi connectivity index (χ1n) is 4.29. The molecule has 0 aliphatic carbocycles. The molecule has 0 bridgehead atoms. The van der Waals surface area contributed by atoms with E-state index in [9.17, 15) is 0 Å². The molecule has 0 spiro atoms. The van der Waals surface area contributed by atoms with Crippen LogP contribution in [0.1, 0.15) is 12.7 Å². The van der Waals surface area contributed by atoms with Crippen LogP contribution >= 0.6 is 0 Å². The number of hydrogen-bond donors (Lipinski definition) is 1. The Morgan fingerprint density at radius 3 is 3.00 bits per heavy atom. The Kier molecular flexibility index (Phi) is 1.69. The van der Waals surface area contributed by atoms with Gasteiger partial charge in [0.1, 0.15) is 17.2 Å². The summed E-state index contributed by atoms with van der Waals surface area (Å²) in [5.74, 6) is 1.60. The highest BCUT2D eigenvalue weighted by atomic mass is 15.1. The summed E-state index contributed by atoms with van der Waals surface area (Å²) < 4.78 is 2.05. The number of nitrogen functional groups attached to an aromatic ring is 1. The molecule has 0 saturated heterocycles. The number of pyridine rings is 1. The van der Waals surface area contributed by atoms with Gasteiger partial charge >= 0.3 is 0 Å². The highest BCUT2D eigenvalue weighted by Gasteiger charge is 2.05. The smallest absolute Gasteiger partial charge is 0.125 e. The first-order valence-corrected chi connectivity index (χ1v) is 4.29. The molecule has 0 fully saturated rings. The van der Waals surface area contributed by atoms with Crippen molar-refractivity contribution in [3.05, 3.63) is 18.1 Å². The van der Waals surface area contributed by atoms with E-state index in [0.717, 1.165) is 23.3 Å². The van der Waals surface area contributed by atoms with Crippen LogP contribution in [-0.2, 0) is 13.5 Å². The molecule has 0 amide bonds. The zero-order valence-corrected chi connectivity index (χ0v) is 7.78. The second-order valence-corrected chi connectivity index (χ2v) is 3.04. The van der Waals surface area contributed by atoms with E-state index in [4.69, 9.17) is 5.73 Å². The lowest BCUT2D eigenvalue weighted by Gasteiger charge is -1.98. The average Bonchev–Trinajstić information content (AvgIpc) is 2.44. The van der Waals surface area contributed by atoms with Gasteiger partial charge < -0.3 is 10.3 Å². The molecule has 0 radical (unpaired) electrons. The quantitative estimate of drug-likeness (QED) is 0.708. The van der Waals surface area contributed by atoms with Crippen molar-refractivity contribution in [3.63, 3.8) is 0 Å². The highest BCUT2D eigenvalue weighted by molar-refractivity contribution is 5.77. The summed E-state index contributed by atoms with van der Waals surface area (Å²) >= 11 is 0. The number of hydrogen-bond acceptors (Lipinski definition) is 3. The van der Waals surface area contributed by atoms with E-state index in [1.54, 1.807) is 6.20 Å². The number of fused-ring (bicyclic) bond motifs is 1. The molecule has 68 valence electrons. The number of aromatic nitrogens is 3. The van der Waals surface area contributed by atoms with Crippen molar-refractivity contribution >= 4 is 16.9 Å². The summed E-state index contributed by atoms with van der Waals surface area (Å²) in [6.07, 6.45) is 2.63. The molecule has 0 aliphatic rings. The van der Waals surface area contributed by atoms with Gasteiger partial charge in [-0.2, -0.15) is 0 Å². The van der Waals surface area contributed by atoms with Gasteiger partial charge in [0, 0.05) is 19.5 Å². The predicted octanol–water partition coefficient (Wildman–Crippen LogP) is 1.11. The third-order valence-corrected chi connectivity index (χ3v) is 2.20. The molecular formula is C9H12N4. The average molecular weight is 176 g/mol. The molecule has 2 rings (SSSR count). The van der Waals surface area contributed by atoms with Crippen molar-refractivity contribution < 1.29 is 0 Å². The molecular weight excluding hydrogens is 164 g/mol. The van der Waals surface area contributed by atoms with Crippen molar-refractivity contribution in [2.45, 2.75) is 13.3 Å². The summed E-state index contributed by atoms with van der Waals surface area (Å²) in [5, 5.41) is 0. The summed E-state index contributed by atoms with van der Waals surface area (Å²) in [7, 11) is 1.99. The monoisotopic (exact) mass is 176 g/mol. The van der Waals surface area contributed by atoms with Crippen LogP contribution in [0.15, 0.2) is 12.3 Å². The first-order chi connectivity index (χ1) is 6.22. The number of aryl methyl sites for hydroxylation is 2. The Balaban J connectivity index is 2.77. The Hall–Kier alpha value is -1.58. The van der Waals surface area contributed by atoms with Gasteiger partial charge in [0.15, 0.2) is 0 Å². The van der Waals surface area contributed by atoms with Crippen molar-refractivity contribution in [1.82, 2.24) is 14.5 Å². The SMILES string of the molecule is CCc1nc2cnc(N)cc2n1C. The fraction of sp³-hybridized carbons (Fsp3) is 0.333. The van der Waals surface area contributed by atoms with Crippen LogP contribution in [0.2, 0.25) is 0 Å². The Labute approximate surface area is 76.4 Å². The van der Waals surface area contributed by atoms with E-state index in [2.05, 4.69) is 16.9 Å². The lowest BCUT2D eigenvalue weighted by molar-refractivity contribution is 0.829. The summed E-state index contributed by atoms with van der Waals surface area (Å²) in [6.45, 7) is 2.08. The predicted molar refractivity (Wildman–Crippen MR) is 52.3 cm³/mol. The van der Waals surface area contributed by atoms with Crippen LogP contribution in [0, 0.1) is 0 Å². The number of anilines is 1. The van der Waals surface area contributed by atoms with E-state index in [-0.39, 0.29) is 0 Å². The van der Waals surface area contributed by atoms with Crippen LogP contribution < -0.4 is 5.73 Å². The summed E-state index contributed by atoms with van der Waals surface area (Å²) in [5.41, 5.74) is 7.55. The number of nitrogens with zero attached hydrogens (tertiary/aromatic N) is 3. The molecule has 4 nitrogen and oxygen atoms in total. The standard InChI is InChI=1S/C9H12N4/c1-3-9-12-6-5-11-8(10)4-7(6)13(9)2/h4-5H,3H2,1-2H3,(H2,10,11). The van der Waals surface area contributed by atoms with E-state index < -0.39 is 0 Å². The van der Waals surface area contributed by atoms with Gasteiger partial charge in [-0.3, -0.25) is 0 Å². The van der Waals surface area contributed by atoms with Gasteiger partial charge in [-0.15, -0.1) is 0 Å². The molecule has 13 heavy (non-hydrogen) atoms. The van der Waals surface area contributed by atoms with Gasteiger partial charge in [0.2, 0.25) is 0 Å². The Morgan fingerprint density at radius 1 is 1.54 bits per heavy atom. The van der Waals surface area contributed by atoms with Gasteiger partial charge in [-0.1, -0.05) is 6.92 Å². The second-order valence-electron chi connectivity index (χ2n) is 3.04. The van der Waals surface area contributed by atoms with Crippen LogP contribution in [0.25, 0.3) is 11.0 Å². The molecule has 2 N–H and O–H groups in total. The van der Waals surface area contributed by atoms with Gasteiger partial charge in [-0.05, 0) is 0 Å². The van der Waals surface area contributed by atoms with Crippen LogP contribution in [-0.4, -0.2) is 14.5 Å². The lowest BCUT2D eigenvalue weighted by atomic mass is 10.4. The van der Waals surface area contributed by atoms with E-state index in [1.807, 2.05) is 17.7 Å². The maximum Gasteiger partial charge on any atom is 0.125 e. The highest BCUT2D eigenvalue weighted by Crippen LogP contribution is 2.15. The van der Waals surface area contributed by atoms with Gasteiger partial charge in [-0.25, -0.2) is 9.97 Å². The minimum absolute atomic E-state index is 0.540. The number of rotatable bonds is 1. The molecule has 2 heterocycles. The molecule has 2 aromatic heterocycles. The molecule has 0 atom stereocenters. The topological polar surface area (TPSA) is 56.7 Å². The summed E-state index contributed by atoms with van der Waals surface area (Å²) in [4.78, 5) is 8.41. The molecule has 0 aromatic carbocycles. The van der Waals surface area contributed by atoms with Crippen LogP contribution in [0.5, 0.6) is 0 Å². The molecule has 4 heteroatoms. The lowest BCUT2D eigenvalue weighted by Crippen LogP contribution is -1.95. The van der Waals surface area contributed by atoms with E-state index >= 15 is 0 Å². The minimum Gasteiger partial charge on any atom is -0.384 e. The molecule has 0 unspecified atom stereocenters. The zero-order valence-electron chi connectivity index (χ0n) is 7.78. The van der Waals surface area contributed by atoms with Crippen molar-refractivity contribution in [3.8, 4) is 0 Å². The van der Waals surface area contributed by atoms with Crippen molar-refractivity contribution in [2.24, 2.45) is 7.05 Å². The Bertz CT molecular complexity index is 444. The Morgan fingerprint density at radius 2 is 2.31 bits per heavy atom. The molecule has 2 aromatic rings. The van der Waals surface area contributed by atoms with Crippen molar-refractivity contribution in [1.29, 1.82) is 0 Å². The van der Waals surface area contributed by atoms with Crippen LogP contribution in [0.3, 0.4) is 0 Å². The fourth-order valence-corrected chi connectivity index (χ4v) is 1.48. The largest absolute Gasteiger partial charge is 0.384 e. The number of nitrogens with two attached hydrogens (primary N) is 1. The first kappa shape index (κ1) is 8.04. The third-order valence-electron chi connectivity index (χ3n) is 2.20. The fourth-order valence-electron chi connectivity index (χ4n) is 1.48. The summed E-state index contributed by atoms with van der Waals surface area (Å²) in [6, 6.07) is 1.85.